The van der Waals surface area contributed by atoms with Crippen LogP contribution in [0.25, 0.3) is 0 Å². The van der Waals surface area contributed by atoms with Gasteiger partial charge in [0.15, 0.2) is 0 Å². The molecule has 1 saturated carbocycles. The number of ether oxygens (including phenoxy) is 1. The molecule has 0 amide bonds. The van der Waals surface area contributed by atoms with Crippen LogP contribution in [0.3, 0.4) is 0 Å². The van der Waals surface area contributed by atoms with Gasteiger partial charge in [0.25, 0.3) is 0 Å². The maximum absolute atomic E-state index is 6.01. The molecule has 2 aliphatic rings. The summed E-state index contributed by atoms with van der Waals surface area (Å²) >= 11 is 0. The average Bonchev–Trinajstić information content (AvgIpc) is 2.86. The molecule has 4 heteroatoms. The second-order valence-electron chi connectivity index (χ2n) is 5.93. The third-order valence-corrected chi connectivity index (χ3v) is 4.88. The first kappa shape index (κ1) is 13.2. The lowest BCUT2D eigenvalue weighted by atomic mass is 9.69. The molecule has 2 atom stereocenters. The van der Waals surface area contributed by atoms with Gasteiger partial charge in [0.05, 0.1) is 17.9 Å². The molecule has 2 unspecified atom stereocenters. The number of aryl methyl sites for hydroxylation is 1. The highest BCUT2D eigenvalue weighted by atomic mass is 16.5. The quantitative estimate of drug-likeness (QED) is 0.648. The Morgan fingerprint density at radius 1 is 1.53 bits per heavy atom. The Bertz CT molecular complexity index is 426. The van der Waals surface area contributed by atoms with Crippen molar-refractivity contribution in [2.75, 3.05) is 6.61 Å². The zero-order valence-corrected chi connectivity index (χ0v) is 11.7. The Hall–Kier alpha value is -0.840. The van der Waals surface area contributed by atoms with Crippen molar-refractivity contribution in [2.45, 2.75) is 57.1 Å². The van der Waals surface area contributed by atoms with Crippen molar-refractivity contribution in [2.24, 2.45) is 11.8 Å². The first-order valence-electron chi connectivity index (χ1n) is 7.44. The van der Waals surface area contributed by atoms with E-state index in [0.717, 1.165) is 31.6 Å². The minimum absolute atomic E-state index is 0.161. The van der Waals surface area contributed by atoms with Crippen LogP contribution in [0.15, 0.2) is 16.7 Å². The molecule has 0 radical (unpaired) electrons. The third-order valence-electron chi connectivity index (χ3n) is 4.88. The van der Waals surface area contributed by atoms with Gasteiger partial charge in [-0.15, -0.1) is 0 Å². The average molecular weight is 264 g/mol. The summed E-state index contributed by atoms with van der Waals surface area (Å²) in [5.74, 6) is 7.43. The summed E-state index contributed by atoms with van der Waals surface area (Å²) in [5.41, 5.74) is 4.41. The predicted molar refractivity (Wildman–Crippen MR) is 73.4 cm³/mol. The number of furan rings is 1. The van der Waals surface area contributed by atoms with Crippen LogP contribution in [0.5, 0.6) is 0 Å². The smallest absolute Gasteiger partial charge is 0.108 e. The molecule has 1 saturated heterocycles. The number of hydrogen-bond acceptors (Lipinski definition) is 4. The molecule has 3 rings (SSSR count). The fourth-order valence-electron chi connectivity index (χ4n) is 3.66. The van der Waals surface area contributed by atoms with E-state index < -0.39 is 0 Å². The fraction of sp³-hybridized carbons (Fsp3) is 0.733. The van der Waals surface area contributed by atoms with Crippen molar-refractivity contribution in [3.8, 4) is 0 Å². The number of nitrogens with one attached hydrogen (secondary N) is 1. The SMILES string of the molecule is CCc1occc1C(NN)C1CCOC2(CCC2)C1. The predicted octanol–water partition coefficient (Wildman–Crippen LogP) is 2.70. The molecule has 4 nitrogen and oxygen atoms in total. The summed E-state index contributed by atoms with van der Waals surface area (Å²) in [5, 5.41) is 0. The van der Waals surface area contributed by atoms with Crippen LogP contribution in [-0.2, 0) is 11.2 Å². The van der Waals surface area contributed by atoms with Gasteiger partial charge >= 0.3 is 0 Å². The zero-order valence-electron chi connectivity index (χ0n) is 11.7. The van der Waals surface area contributed by atoms with Gasteiger partial charge < -0.3 is 9.15 Å². The molecule has 2 fully saturated rings. The normalized spacial score (nSPS) is 27.2. The van der Waals surface area contributed by atoms with Crippen molar-refractivity contribution < 1.29 is 9.15 Å². The zero-order chi connectivity index (χ0) is 13.3. The molecule has 3 N–H and O–H groups in total. The summed E-state index contributed by atoms with van der Waals surface area (Å²) in [6, 6.07) is 2.25. The summed E-state index contributed by atoms with van der Waals surface area (Å²) in [6.45, 7) is 2.98. The summed E-state index contributed by atoms with van der Waals surface area (Å²) in [6.07, 6.45) is 8.62. The second kappa shape index (κ2) is 5.27. The molecule has 0 bridgehead atoms. The first-order valence-corrected chi connectivity index (χ1v) is 7.44. The van der Waals surface area contributed by atoms with Crippen molar-refractivity contribution in [1.82, 2.24) is 5.43 Å². The molecule has 1 aliphatic heterocycles. The maximum Gasteiger partial charge on any atom is 0.108 e. The Balaban J connectivity index is 1.78. The van der Waals surface area contributed by atoms with Crippen molar-refractivity contribution >= 4 is 0 Å². The Labute approximate surface area is 114 Å². The number of hydrazine groups is 1. The van der Waals surface area contributed by atoms with Crippen molar-refractivity contribution in [3.63, 3.8) is 0 Å². The van der Waals surface area contributed by atoms with Gasteiger partial charge in [-0.2, -0.15) is 0 Å². The van der Waals surface area contributed by atoms with Crippen LogP contribution in [0, 0.1) is 5.92 Å². The highest BCUT2D eigenvalue weighted by Crippen LogP contribution is 2.47. The lowest BCUT2D eigenvalue weighted by Crippen LogP contribution is -2.48. The van der Waals surface area contributed by atoms with Crippen molar-refractivity contribution in [3.05, 3.63) is 23.7 Å². The monoisotopic (exact) mass is 264 g/mol. The van der Waals surface area contributed by atoms with E-state index in [1.807, 2.05) is 0 Å². The van der Waals surface area contributed by atoms with E-state index in [1.54, 1.807) is 6.26 Å². The molecule has 1 spiro atoms. The number of hydrogen-bond donors (Lipinski definition) is 2. The molecule has 0 aromatic carbocycles. The van der Waals surface area contributed by atoms with Crippen LogP contribution in [-0.4, -0.2) is 12.2 Å². The number of nitrogens with two attached hydrogens (primary N) is 1. The molecular formula is C15H24N2O2. The van der Waals surface area contributed by atoms with Gasteiger partial charge in [-0.05, 0) is 44.1 Å². The summed E-state index contributed by atoms with van der Waals surface area (Å²) < 4.78 is 11.6. The maximum atomic E-state index is 6.01. The third kappa shape index (κ3) is 2.33. The van der Waals surface area contributed by atoms with E-state index in [0.29, 0.717) is 5.92 Å². The molecular weight excluding hydrogens is 240 g/mol. The van der Waals surface area contributed by atoms with E-state index in [1.165, 1.54) is 24.8 Å². The van der Waals surface area contributed by atoms with Gasteiger partial charge in [0, 0.05) is 18.6 Å². The largest absolute Gasteiger partial charge is 0.469 e. The molecule has 1 aromatic heterocycles. The highest BCUT2D eigenvalue weighted by Gasteiger charge is 2.44. The molecule has 106 valence electrons. The van der Waals surface area contributed by atoms with E-state index in [4.69, 9.17) is 15.0 Å². The lowest BCUT2D eigenvalue weighted by molar-refractivity contribution is -0.147. The number of rotatable bonds is 4. The molecule has 2 heterocycles. The Morgan fingerprint density at radius 3 is 3.00 bits per heavy atom. The Morgan fingerprint density at radius 2 is 2.37 bits per heavy atom. The standard InChI is InChI=1S/C15H24N2O2/c1-2-13-12(5-8-18-13)14(17-16)11-4-9-19-15(10-11)6-3-7-15/h5,8,11,14,17H,2-4,6-7,9-10,16H2,1H3. The molecule has 1 aromatic rings. The highest BCUT2D eigenvalue weighted by molar-refractivity contribution is 5.22. The van der Waals surface area contributed by atoms with Crippen molar-refractivity contribution in [1.29, 1.82) is 0 Å². The summed E-state index contributed by atoms with van der Waals surface area (Å²) in [4.78, 5) is 0. The Kier molecular flexibility index (Phi) is 3.65. The van der Waals surface area contributed by atoms with Crippen LogP contribution < -0.4 is 11.3 Å². The van der Waals surface area contributed by atoms with E-state index >= 15 is 0 Å². The minimum Gasteiger partial charge on any atom is -0.469 e. The fourth-order valence-corrected chi connectivity index (χ4v) is 3.66. The van der Waals surface area contributed by atoms with Gasteiger partial charge in [0.2, 0.25) is 0 Å². The minimum atomic E-state index is 0.161. The lowest BCUT2D eigenvalue weighted by Gasteiger charge is -2.48. The van der Waals surface area contributed by atoms with Crippen LogP contribution in [0.1, 0.15) is 56.4 Å². The topological polar surface area (TPSA) is 60.4 Å². The second-order valence-corrected chi connectivity index (χ2v) is 5.93. The van der Waals surface area contributed by atoms with E-state index in [-0.39, 0.29) is 11.6 Å². The summed E-state index contributed by atoms with van der Waals surface area (Å²) in [7, 11) is 0. The molecule has 1 aliphatic carbocycles. The van der Waals surface area contributed by atoms with Gasteiger partial charge in [0.1, 0.15) is 5.76 Å². The van der Waals surface area contributed by atoms with Gasteiger partial charge in [-0.25, -0.2) is 0 Å². The van der Waals surface area contributed by atoms with Gasteiger partial charge in [-0.1, -0.05) is 6.92 Å². The van der Waals surface area contributed by atoms with Crippen LogP contribution >= 0.6 is 0 Å². The van der Waals surface area contributed by atoms with E-state index in [2.05, 4.69) is 18.4 Å². The van der Waals surface area contributed by atoms with Gasteiger partial charge in [-0.3, -0.25) is 11.3 Å². The first-order chi connectivity index (χ1) is 9.28. The molecule has 19 heavy (non-hydrogen) atoms. The van der Waals surface area contributed by atoms with Crippen LogP contribution in [0.4, 0.5) is 0 Å². The van der Waals surface area contributed by atoms with Crippen LogP contribution in [0.2, 0.25) is 0 Å². The van der Waals surface area contributed by atoms with E-state index in [9.17, 15) is 0 Å².